The van der Waals surface area contributed by atoms with Crippen LogP contribution in [-0.2, 0) is 38.0 Å². The van der Waals surface area contributed by atoms with Crippen LogP contribution in [0, 0.1) is 0 Å². The van der Waals surface area contributed by atoms with Gasteiger partial charge in [-0.15, -0.1) is 0 Å². The van der Waals surface area contributed by atoms with Crippen molar-refractivity contribution in [2.75, 3.05) is 26.4 Å². The molecule has 2 fully saturated rings. The van der Waals surface area contributed by atoms with Crippen LogP contribution in [0.25, 0.3) is 0 Å². The van der Waals surface area contributed by atoms with Crippen molar-refractivity contribution in [2.45, 2.75) is 223 Å². The molecule has 0 radical (unpaired) electrons. The summed E-state index contributed by atoms with van der Waals surface area (Å²) in [5.41, 5.74) is 0. The molecule has 15 nitrogen and oxygen atoms in total. The normalized spacial score (nSPS) is 27.8. The predicted octanol–water partition coefficient (Wildman–Crippen LogP) is 4.82. The molecule has 0 bridgehead atoms. The number of allylic oxidation sites excluding steroid dienone is 4. The van der Waals surface area contributed by atoms with E-state index in [-0.39, 0.29) is 26.1 Å². The second-order valence-electron chi connectivity index (χ2n) is 16.3. The lowest BCUT2D eigenvalue weighted by atomic mass is 9.98. The Morgan fingerprint density at radius 3 is 1.53 bits per heavy atom. The van der Waals surface area contributed by atoms with Crippen LogP contribution in [0.5, 0.6) is 0 Å². The Bertz CT molecular complexity index is 1150. The van der Waals surface area contributed by atoms with Crippen LogP contribution in [-0.4, -0.2) is 142 Å². The summed E-state index contributed by atoms with van der Waals surface area (Å²) >= 11 is 0. The molecule has 0 saturated carbocycles. The first-order valence-corrected chi connectivity index (χ1v) is 22.9. The highest BCUT2D eigenvalue weighted by Crippen LogP contribution is 2.26. The number of carbonyl (C=O) groups is 2. The van der Waals surface area contributed by atoms with Crippen LogP contribution < -0.4 is 0 Å². The third-order valence-corrected chi connectivity index (χ3v) is 11.0. The third kappa shape index (κ3) is 22.4. The minimum Gasteiger partial charge on any atom is -0.462 e. The highest BCUT2D eigenvalue weighted by Gasteiger charge is 2.47. The summed E-state index contributed by atoms with van der Waals surface area (Å²) < 4.78 is 33.4. The monoisotopic (exact) mass is 861 g/mol. The zero-order chi connectivity index (χ0) is 44.0. The molecule has 11 atom stereocenters. The van der Waals surface area contributed by atoms with E-state index in [2.05, 4.69) is 38.2 Å². The van der Waals surface area contributed by atoms with Gasteiger partial charge in [-0.3, -0.25) is 9.59 Å². The maximum atomic E-state index is 12.9. The van der Waals surface area contributed by atoms with Crippen molar-refractivity contribution < 1.29 is 73.8 Å². The van der Waals surface area contributed by atoms with E-state index < -0.39 is 92.7 Å². The molecule has 0 aromatic rings. The number of esters is 2. The summed E-state index contributed by atoms with van der Waals surface area (Å²) in [7, 11) is 0. The molecule has 2 aliphatic heterocycles. The maximum Gasteiger partial charge on any atom is 0.306 e. The van der Waals surface area contributed by atoms with Crippen molar-refractivity contribution >= 4 is 11.9 Å². The van der Waals surface area contributed by atoms with Crippen molar-refractivity contribution in [3.05, 3.63) is 24.3 Å². The Morgan fingerprint density at radius 1 is 0.533 bits per heavy atom. The number of aliphatic hydroxyl groups is 7. The lowest BCUT2D eigenvalue weighted by Gasteiger charge is -2.42. The second-order valence-corrected chi connectivity index (χ2v) is 16.3. The van der Waals surface area contributed by atoms with Crippen LogP contribution >= 0.6 is 0 Å². The summed E-state index contributed by atoms with van der Waals surface area (Å²) in [6.45, 7) is 2.51. The molecule has 4 unspecified atom stereocenters. The van der Waals surface area contributed by atoms with Gasteiger partial charge in [0.1, 0.15) is 55.4 Å². The molecule has 7 N–H and O–H groups in total. The molecule has 15 heteroatoms. The Labute approximate surface area is 358 Å². The van der Waals surface area contributed by atoms with Crippen LogP contribution in [0.2, 0.25) is 0 Å². The molecule has 0 aliphatic carbocycles. The van der Waals surface area contributed by atoms with Gasteiger partial charge in [-0.2, -0.15) is 0 Å². The number of unbranched alkanes of at least 4 members (excludes halogenated alkanes) is 17. The van der Waals surface area contributed by atoms with Crippen LogP contribution in [0.15, 0.2) is 24.3 Å². The zero-order valence-electron chi connectivity index (χ0n) is 36.4. The standard InChI is InChI=1S/C45H80O15/c1-3-5-7-9-11-13-14-15-16-17-18-20-21-23-25-27-36(47)55-30-33(58-37(48)28-26-24-22-19-12-10-8-6-4-2)31-56-44-43(54)41(52)39(50)35(60-44)32-57-45-42(53)40(51)38(49)34(29-46)59-45/h13-16,33-35,38-46,49-54H,3-12,17-32H2,1-2H3/b14-13+,16-15+/t33-,34-,35-,38+,39+,40?,41?,42?,43?,44-,45-/m1/s1. The fourth-order valence-electron chi connectivity index (χ4n) is 7.09. The summed E-state index contributed by atoms with van der Waals surface area (Å²) in [5, 5.41) is 71.8. The average Bonchev–Trinajstić information content (AvgIpc) is 3.24. The lowest BCUT2D eigenvalue weighted by Crippen LogP contribution is -2.61. The molecular weight excluding hydrogens is 780 g/mol. The van der Waals surface area contributed by atoms with Crippen molar-refractivity contribution in [3.8, 4) is 0 Å². The molecule has 0 spiro atoms. The van der Waals surface area contributed by atoms with E-state index in [1.807, 2.05) is 0 Å². The first kappa shape index (κ1) is 54.1. The summed E-state index contributed by atoms with van der Waals surface area (Å²) in [6, 6.07) is 0. The van der Waals surface area contributed by atoms with Gasteiger partial charge in [-0.05, 0) is 38.5 Å². The number of ether oxygens (including phenoxy) is 6. The summed E-state index contributed by atoms with van der Waals surface area (Å²) in [5.74, 6) is -0.945. The number of rotatable bonds is 34. The van der Waals surface area contributed by atoms with Gasteiger partial charge in [-0.25, -0.2) is 0 Å². The summed E-state index contributed by atoms with van der Waals surface area (Å²) in [6.07, 6.45) is 13.7. The minimum absolute atomic E-state index is 0.163. The topological polar surface area (TPSA) is 231 Å². The number of hydrogen-bond acceptors (Lipinski definition) is 15. The molecule has 2 saturated heterocycles. The SMILES string of the molecule is CCCCCC/C=C/C=C/CCCCCCCC(=O)OC[C@H](CO[C@@H]1O[C@H](CO[C@@H]2O[C@H](CO)[C@H](O)C(O)C2O)[C@H](O)C(O)C1O)OC(=O)CCCCCCCCCCC. The van der Waals surface area contributed by atoms with Crippen LogP contribution in [0.4, 0.5) is 0 Å². The van der Waals surface area contributed by atoms with Gasteiger partial charge in [0.25, 0.3) is 0 Å². The summed E-state index contributed by atoms with van der Waals surface area (Å²) in [4.78, 5) is 25.5. The Kier molecular flexibility index (Phi) is 30.2. The molecule has 0 aromatic heterocycles. The Morgan fingerprint density at radius 2 is 0.983 bits per heavy atom. The fraction of sp³-hybridized carbons (Fsp3) is 0.867. The molecule has 2 rings (SSSR count). The predicted molar refractivity (Wildman–Crippen MR) is 224 cm³/mol. The van der Waals surface area contributed by atoms with Gasteiger partial charge in [0.05, 0.1) is 19.8 Å². The van der Waals surface area contributed by atoms with E-state index in [4.69, 9.17) is 28.4 Å². The largest absolute Gasteiger partial charge is 0.462 e. The van der Waals surface area contributed by atoms with E-state index in [9.17, 15) is 45.3 Å². The molecule has 60 heavy (non-hydrogen) atoms. The number of hydrogen-bond donors (Lipinski definition) is 7. The van der Waals surface area contributed by atoms with E-state index in [0.717, 1.165) is 57.8 Å². The van der Waals surface area contributed by atoms with E-state index in [1.165, 1.54) is 57.8 Å². The minimum atomic E-state index is -1.76. The molecular formula is C45H80O15. The highest BCUT2D eigenvalue weighted by atomic mass is 16.7. The second kappa shape index (κ2) is 33.5. The molecule has 0 aromatic carbocycles. The van der Waals surface area contributed by atoms with E-state index >= 15 is 0 Å². The van der Waals surface area contributed by atoms with Crippen molar-refractivity contribution in [3.63, 3.8) is 0 Å². The molecule has 0 amide bonds. The average molecular weight is 861 g/mol. The molecule has 2 heterocycles. The first-order valence-electron chi connectivity index (χ1n) is 22.9. The smallest absolute Gasteiger partial charge is 0.306 e. The van der Waals surface area contributed by atoms with Crippen LogP contribution in [0.1, 0.15) is 155 Å². The van der Waals surface area contributed by atoms with Crippen molar-refractivity contribution in [1.82, 2.24) is 0 Å². The molecule has 2 aliphatic rings. The Hall–Kier alpha value is -2.02. The quantitative estimate of drug-likeness (QED) is 0.0261. The van der Waals surface area contributed by atoms with Gasteiger partial charge >= 0.3 is 11.9 Å². The number of carbonyl (C=O) groups excluding carboxylic acids is 2. The highest BCUT2D eigenvalue weighted by molar-refractivity contribution is 5.70. The Balaban J connectivity index is 1.85. The van der Waals surface area contributed by atoms with Crippen molar-refractivity contribution in [1.29, 1.82) is 0 Å². The van der Waals surface area contributed by atoms with Crippen molar-refractivity contribution in [2.24, 2.45) is 0 Å². The van der Waals surface area contributed by atoms with Gasteiger partial charge in [0.15, 0.2) is 18.7 Å². The number of aliphatic hydroxyl groups excluding tert-OH is 7. The van der Waals surface area contributed by atoms with Gasteiger partial charge in [0.2, 0.25) is 0 Å². The van der Waals surface area contributed by atoms with E-state index in [0.29, 0.717) is 12.8 Å². The lowest BCUT2D eigenvalue weighted by molar-refractivity contribution is -0.332. The third-order valence-electron chi connectivity index (χ3n) is 11.0. The zero-order valence-corrected chi connectivity index (χ0v) is 36.4. The van der Waals surface area contributed by atoms with Crippen LogP contribution in [0.3, 0.4) is 0 Å². The maximum absolute atomic E-state index is 12.9. The molecule has 350 valence electrons. The first-order chi connectivity index (χ1) is 29.0. The van der Waals surface area contributed by atoms with E-state index in [1.54, 1.807) is 0 Å². The van der Waals surface area contributed by atoms with Gasteiger partial charge in [0, 0.05) is 12.8 Å². The van der Waals surface area contributed by atoms with Gasteiger partial charge < -0.3 is 64.2 Å². The van der Waals surface area contributed by atoms with Gasteiger partial charge in [-0.1, -0.05) is 128 Å². The fourth-order valence-corrected chi connectivity index (χ4v) is 7.09.